The first-order valence-corrected chi connectivity index (χ1v) is 11.6. The molecule has 0 saturated heterocycles. The van der Waals surface area contributed by atoms with Crippen molar-refractivity contribution in [2.75, 3.05) is 13.2 Å². The lowest BCUT2D eigenvalue weighted by Gasteiger charge is -2.40. The van der Waals surface area contributed by atoms with Crippen LogP contribution in [0.2, 0.25) is 0 Å². The zero-order valence-corrected chi connectivity index (χ0v) is 20.0. The quantitative estimate of drug-likeness (QED) is 0.354. The van der Waals surface area contributed by atoms with Crippen molar-refractivity contribution in [3.8, 4) is 11.5 Å². The molecule has 3 rings (SSSR count). The molecule has 5 N–H and O–H groups in total. The molecule has 3 atom stereocenters. The second kappa shape index (κ2) is 9.62. The minimum Gasteiger partial charge on any atom is -0.508 e. The second-order valence-electron chi connectivity index (χ2n) is 10.1. The van der Waals surface area contributed by atoms with Crippen LogP contribution in [0.25, 0.3) is 0 Å². The maximum Gasteiger partial charge on any atom is 0.254 e. The maximum absolute atomic E-state index is 12.6. The molecule has 184 valence electrons. The van der Waals surface area contributed by atoms with Crippen molar-refractivity contribution in [3.05, 3.63) is 34.4 Å². The van der Waals surface area contributed by atoms with Gasteiger partial charge in [0.2, 0.25) is 0 Å². The van der Waals surface area contributed by atoms with Gasteiger partial charge in [-0.15, -0.1) is 0 Å². The SMILES string of the molecule is C/C(=C\CCC1(C)Oc2c(c(O)cc3c2CN(CCO)C3=O)CC1O)CCC(O)C(C)(C)O. The number of phenolic OH excluding ortho intramolecular Hbond substituents is 1. The van der Waals surface area contributed by atoms with Gasteiger partial charge in [0, 0.05) is 24.1 Å². The van der Waals surface area contributed by atoms with E-state index in [9.17, 15) is 30.3 Å². The van der Waals surface area contributed by atoms with Crippen LogP contribution in [-0.2, 0) is 13.0 Å². The molecule has 1 aromatic rings. The fourth-order valence-electron chi connectivity index (χ4n) is 4.49. The molecule has 3 unspecified atom stereocenters. The van der Waals surface area contributed by atoms with E-state index in [0.717, 1.165) is 5.57 Å². The number of nitrogens with zero attached hydrogens (tertiary/aromatic N) is 1. The third-order valence-electron chi connectivity index (χ3n) is 6.90. The Balaban J connectivity index is 1.72. The van der Waals surface area contributed by atoms with E-state index in [0.29, 0.717) is 54.7 Å². The number of allylic oxidation sites excluding steroid dienone is 2. The second-order valence-corrected chi connectivity index (χ2v) is 10.1. The van der Waals surface area contributed by atoms with Crippen molar-refractivity contribution >= 4 is 5.91 Å². The molecule has 0 aromatic heterocycles. The van der Waals surface area contributed by atoms with Crippen LogP contribution in [-0.4, -0.2) is 72.9 Å². The average molecular weight is 464 g/mol. The first-order chi connectivity index (χ1) is 15.4. The Hall–Kier alpha value is -2.13. The summed E-state index contributed by atoms with van der Waals surface area (Å²) in [4.78, 5) is 14.1. The number of aliphatic hydroxyl groups is 4. The van der Waals surface area contributed by atoms with Crippen molar-refractivity contribution in [3.63, 3.8) is 0 Å². The minimum atomic E-state index is -1.14. The van der Waals surface area contributed by atoms with Crippen molar-refractivity contribution in [1.29, 1.82) is 0 Å². The molecule has 2 aliphatic rings. The summed E-state index contributed by atoms with van der Waals surface area (Å²) in [6.07, 6.45) is 2.92. The largest absolute Gasteiger partial charge is 0.508 e. The molecule has 0 fully saturated rings. The number of fused-ring (bicyclic) bond motifs is 3. The highest BCUT2D eigenvalue weighted by Gasteiger charge is 2.44. The third-order valence-corrected chi connectivity index (χ3v) is 6.90. The lowest BCUT2D eigenvalue weighted by molar-refractivity contribution is -0.0599. The Bertz CT molecular complexity index is 920. The highest BCUT2D eigenvalue weighted by molar-refractivity contribution is 6.00. The fourth-order valence-corrected chi connectivity index (χ4v) is 4.49. The third kappa shape index (κ3) is 5.35. The molecule has 8 heteroatoms. The number of carbonyl (C=O) groups is 1. The van der Waals surface area contributed by atoms with Crippen LogP contribution >= 0.6 is 0 Å². The number of aliphatic hydroxyl groups excluding tert-OH is 3. The number of carbonyl (C=O) groups excluding carboxylic acids is 1. The number of benzene rings is 1. The zero-order chi connectivity index (χ0) is 24.6. The standard InChI is InChI=1S/C25H37NO7/c1-15(7-8-20(29)24(2,3)32)6-5-9-25(4)21(30)13-17-19(28)12-16-18(22(17)33-25)14-26(10-11-27)23(16)31/h6,12,20-21,27-30,32H,5,7-11,13-14H2,1-4H3/b15-6+. The number of β-amino-alcohol motifs (C(OH)–C–C–N with tert-alkyl or cyclic N) is 1. The number of rotatable bonds is 9. The summed E-state index contributed by atoms with van der Waals surface area (Å²) >= 11 is 0. The summed E-state index contributed by atoms with van der Waals surface area (Å²) in [7, 11) is 0. The van der Waals surface area contributed by atoms with Crippen molar-refractivity contribution < 1.29 is 35.1 Å². The average Bonchev–Trinajstić information content (AvgIpc) is 3.03. The molecule has 2 aliphatic heterocycles. The van der Waals surface area contributed by atoms with E-state index in [1.807, 2.05) is 19.9 Å². The Morgan fingerprint density at radius 1 is 1.39 bits per heavy atom. The number of hydrogen-bond donors (Lipinski definition) is 5. The molecule has 0 spiro atoms. The molecule has 2 heterocycles. The topological polar surface area (TPSA) is 131 Å². The van der Waals surface area contributed by atoms with E-state index in [1.54, 1.807) is 13.8 Å². The molecule has 0 saturated carbocycles. The molecular weight excluding hydrogens is 426 g/mol. The Kier molecular flexibility index (Phi) is 7.43. The summed E-state index contributed by atoms with van der Waals surface area (Å²) in [6.45, 7) is 7.33. The van der Waals surface area contributed by atoms with Gasteiger partial charge in [-0.25, -0.2) is 0 Å². The van der Waals surface area contributed by atoms with Gasteiger partial charge in [-0.1, -0.05) is 11.6 Å². The highest BCUT2D eigenvalue weighted by Crippen LogP contribution is 2.46. The highest BCUT2D eigenvalue weighted by atomic mass is 16.5. The van der Waals surface area contributed by atoms with E-state index in [-0.39, 0.29) is 31.2 Å². The zero-order valence-electron chi connectivity index (χ0n) is 20.0. The van der Waals surface area contributed by atoms with Crippen LogP contribution in [0.15, 0.2) is 17.7 Å². The Labute approximate surface area is 195 Å². The Morgan fingerprint density at radius 3 is 2.73 bits per heavy atom. The monoisotopic (exact) mass is 463 g/mol. The fraction of sp³-hybridized carbons (Fsp3) is 0.640. The van der Waals surface area contributed by atoms with Crippen molar-refractivity contribution in [2.24, 2.45) is 0 Å². The first kappa shape index (κ1) is 25.5. The van der Waals surface area contributed by atoms with Crippen LogP contribution < -0.4 is 4.74 Å². The summed E-state index contributed by atoms with van der Waals surface area (Å²) < 4.78 is 6.30. The normalized spacial score (nSPS) is 23.9. The molecule has 1 amide bonds. The summed E-state index contributed by atoms with van der Waals surface area (Å²) in [6, 6.07) is 1.43. The molecule has 0 radical (unpaired) electrons. The van der Waals surface area contributed by atoms with Gasteiger partial charge >= 0.3 is 0 Å². The number of aromatic hydroxyl groups is 1. The number of phenols is 1. The molecule has 33 heavy (non-hydrogen) atoms. The van der Waals surface area contributed by atoms with Crippen LogP contribution in [0, 0.1) is 0 Å². The predicted octanol–water partition coefficient (Wildman–Crippen LogP) is 2.03. The van der Waals surface area contributed by atoms with Gasteiger partial charge < -0.3 is 35.2 Å². The van der Waals surface area contributed by atoms with Crippen LogP contribution in [0.4, 0.5) is 0 Å². The van der Waals surface area contributed by atoms with Gasteiger partial charge in [0.25, 0.3) is 5.91 Å². The van der Waals surface area contributed by atoms with Gasteiger partial charge in [0.15, 0.2) is 0 Å². The minimum absolute atomic E-state index is 0.0647. The number of amides is 1. The smallest absolute Gasteiger partial charge is 0.254 e. The van der Waals surface area contributed by atoms with E-state index < -0.39 is 23.4 Å². The van der Waals surface area contributed by atoms with E-state index in [2.05, 4.69) is 0 Å². The molecular formula is C25H37NO7. The van der Waals surface area contributed by atoms with Crippen molar-refractivity contribution in [1.82, 2.24) is 4.90 Å². The maximum atomic E-state index is 12.6. The number of hydrogen-bond acceptors (Lipinski definition) is 7. The van der Waals surface area contributed by atoms with Gasteiger partial charge in [-0.3, -0.25) is 4.79 Å². The molecule has 0 bridgehead atoms. The molecule has 8 nitrogen and oxygen atoms in total. The Morgan fingerprint density at radius 2 is 2.09 bits per heavy atom. The van der Waals surface area contributed by atoms with Crippen LogP contribution in [0.5, 0.6) is 11.5 Å². The predicted molar refractivity (Wildman–Crippen MR) is 123 cm³/mol. The van der Waals surface area contributed by atoms with Crippen LogP contribution in [0.3, 0.4) is 0 Å². The van der Waals surface area contributed by atoms with Gasteiger partial charge in [-0.2, -0.15) is 0 Å². The molecule has 0 aliphatic carbocycles. The van der Waals surface area contributed by atoms with Crippen LogP contribution in [0.1, 0.15) is 74.9 Å². The van der Waals surface area contributed by atoms with E-state index >= 15 is 0 Å². The van der Waals surface area contributed by atoms with Gasteiger partial charge in [-0.05, 0) is 59.4 Å². The molecule has 1 aromatic carbocycles. The number of ether oxygens (including phenoxy) is 1. The lowest BCUT2D eigenvalue weighted by atomic mass is 9.84. The van der Waals surface area contributed by atoms with E-state index in [1.165, 1.54) is 11.0 Å². The van der Waals surface area contributed by atoms with Gasteiger partial charge in [0.1, 0.15) is 17.1 Å². The van der Waals surface area contributed by atoms with Gasteiger partial charge in [0.05, 0.1) is 36.5 Å². The first-order valence-electron chi connectivity index (χ1n) is 11.6. The summed E-state index contributed by atoms with van der Waals surface area (Å²) in [5.74, 6) is 0.145. The summed E-state index contributed by atoms with van der Waals surface area (Å²) in [5, 5.41) is 50.5. The van der Waals surface area contributed by atoms with E-state index in [4.69, 9.17) is 4.74 Å². The lowest BCUT2D eigenvalue weighted by Crippen LogP contribution is -2.49. The van der Waals surface area contributed by atoms with Crippen molar-refractivity contribution in [2.45, 2.75) is 89.8 Å². The summed E-state index contributed by atoms with van der Waals surface area (Å²) in [5.41, 5.74) is 0.611.